The molecule has 1 N–H and O–H groups in total. The van der Waals surface area contributed by atoms with Gasteiger partial charge < -0.3 is 0 Å². The predicted molar refractivity (Wildman–Crippen MR) is 50.8 cm³/mol. The third-order valence-corrected chi connectivity index (χ3v) is 2.02. The summed E-state index contributed by atoms with van der Waals surface area (Å²) in [6, 6.07) is 0. The molecule has 0 saturated carbocycles. The summed E-state index contributed by atoms with van der Waals surface area (Å²) in [6.07, 6.45) is 3.94. The molecule has 0 aromatic heterocycles. The molecule has 0 fully saturated rings. The van der Waals surface area contributed by atoms with Crippen LogP contribution in [0.5, 0.6) is 0 Å². The third kappa shape index (κ3) is 10.1. The van der Waals surface area contributed by atoms with Gasteiger partial charge in [-0.3, -0.25) is 0 Å². The Kier molecular flexibility index (Phi) is 4.93. The first-order valence-corrected chi connectivity index (χ1v) is 5.54. The van der Waals surface area contributed by atoms with Crippen LogP contribution in [0.4, 0.5) is 0 Å². The quantitative estimate of drug-likeness (QED) is 0.651. The Morgan fingerprint density at radius 3 is 2.27 bits per heavy atom. The maximum Gasteiger partial charge on any atom is 0.0883 e. The Labute approximate surface area is 72.4 Å². The molecule has 0 saturated heterocycles. The van der Waals surface area contributed by atoms with E-state index in [9.17, 15) is 4.21 Å². The minimum atomic E-state index is -0.844. The average Bonchev–Trinajstić information content (AvgIpc) is 1.78. The molecule has 0 rings (SSSR count). The fourth-order valence-corrected chi connectivity index (χ4v) is 1.27. The maximum atomic E-state index is 10.6. The van der Waals surface area contributed by atoms with Crippen LogP contribution in [0.15, 0.2) is 0 Å². The molecular formula is C8H19NOS. The van der Waals surface area contributed by atoms with Gasteiger partial charge in [-0.25, -0.2) is 8.93 Å². The van der Waals surface area contributed by atoms with Gasteiger partial charge >= 0.3 is 0 Å². The van der Waals surface area contributed by atoms with Crippen LogP contribution in [0.3, 0.4) is 0 Å². The molecule has 68 valence electrons. The van der Waals surface area contributed by atoms with Gasteiger partial charge in [-0.2, -0.15) is 0 Å². The molecule has 2 nitrogen and oxygen atoms in total. The van der Waals surface area contributed by atoms with Gasteiger partial charge in [-0.05, 0) is 18.3 Å². The van der Waals surface area contributed by atoms with Crippen molar-refractivity contribution in [1.82, 2.24) is 4.72 Å². The summed E-state index contributed by atoms with van der Waals surface area (Å²) in [5.41, 5.74) is 0.400. The van der Waals surface area contributed by atoms with Gasteiger partial charge in [0.1, 0.15) is 0 Å². The molecule has 0 aliphatic heterocycles. The molecule has 1 unspecified atom stereocenters. The van der Waals surface area contributed by atoms with Crippen molar-refractivity contribution in [1.29, 1.82) is 0 Å². The highest BCUT2D eigenvalue weighted by atomic mass is 32.2. The zero-order valence-electron chi connectivity index (χ0n) is 7.94. The highest BCUT2D eigenvalue weighted by Crippen LogP contribution is 2.19. The largest absolute Gasteiger partial charge is 0.243 e. The number of nitrogens with one attached hydrogen (secondary N) is 1. The Hall–Kier alpha value is 0.110. The Morgan fingerprint density at radius 1 is 1.36 bits per heavy atom. The minimum Gasteiger partial charge on any atom is -0.243 e. The van der Waals surface area contributed by atoms with E-state index < -0.39 is 11.0 Å². The van der Waals surface area contributed by atoms with Crippen LogP contribution in [0.1, 0.15) is 33.6 Å². The summed E-state index contributed by atoms with van der Waals surface area (Å²) in [6.45, 7) is 7.52. The first-order chi connectivity index (χ1) is 4.92. The van der Waals surface area contributed by atoms with Crippen molar-refractivity contribution in [2.45, 2.75) is 33.6 Å². The molecule has 0 amide bonds. The average molecular weight is 177 g/mol. The topological polar surface area (TPSA) is 29.1 Å². The van der Waals surface area contributed by atoms with E-state index in [0.717, 1.165) is 13.0 Å². The first kappa shape index (κ1) is 11.1. The van der Waals surface area contributed by atoms with Crippen LogP contribution in [0.25, 0.3) is 0 Å². The molecule has 0 radical (unpaired) electrons. The second kappa shape index (κ2) is 4.88. The minimum absolute atomic E-state index is 0.400. The zero-order valence-corrected chi connectivity index (χ0v) is 8.75. The van der Waals surface area contributed by atoms with Gasteiger partial charge in [0, 0.05) is 12.8 Å². The highest BCUT2D eigenvalue weighted by molar-refractivity contribution is 7.82. The van der Waals surface area contributed by atoms with Crippen molar-refractivity contribution in [3.05, 3.63) is 0 Å². The van der Waals surface area contributed by atoms with Gasteiger partial charge in [-0.1, -0.05) is 20.8 Å². The lowest BCUT2D eigenvalue weighted by Crippen LogP contribution is -2.18. The predicted octanol–water partition coefficient (Wildman–Crippen LogP) is 1.70. The fraction of sp³-hybridized carbons (Fsp3) is 1.00. The maximum absolute atomic E-state index is 10.6. The lowest BCUT2D eigenvalue weighted by molar-refractivity contribution is 0.366. The van der Waals surface area contributed by atoms with E-state index in [2.05, 4.69) is 25.5 Å². The van der Waals surface area contributed by atoms with Crippen LogP contribution in [0.2, 0.25) is 0 Å². The summed E-state index contributed by atoms with van der Waals surface area (Å²) >= 11 is 0. The van der Waals surface area contributed by atoms with E-state index >= 15 is 0 Å². The Bertz CT molecular complexity index is 129. The van der Waals surface area contributed by atoms with E-state index in [0.29, 0.717) is 5.41 Å². The van der Waals surface area contributed by atoms with Crippen molar-refractivity contribution in [3.63, 3.8) is 0 Å². The van der Waals surface area contributed by atoms with Crippen molar-refractivity contribution in [2.75, 3.05) is 12.8 Å². The van der Waals surface area contributed by atoms with Gasteiger partial charge in [0.25, 0.3) is 0 Å². The van der Waals surface area contributed by atoms with Gasteiger partial charge in [0.05, 0.1) is 11.0 Å². The zero-order chi connectivity index (χ0) is 8.91. The van der Waals surface area contributed by atoms with E-state index in [1.54, 1.807) is 6.26 Å². The molecule has 1 atom stereocenters. The SMILES string of the molecule is CS(=O)NCCCC(C)(C)C. The normalized spacial score (nSPS) is 14.9. The van der Waals surface area contributed by atoms with Crippen molar-refractivity contribution in [3.8, 4) is 0 Å². The third-order valence-electron chi connectivity index (χ3n) is 1.41. The van der Waals surface area contributed by atoms with Crippen molar-refractivity contribution >= 4 is 11.0 Å². The van der Waals surface area contributed by atoms with Crippen LogP contribution in [-0.4, -0.2) is 17.0 Å². The number of rotatable bonds is 4. The van der Waals surface area contributed by atoms with Crippen molar-refractivity contribution in [2.24, 2.45) is 5.41 Å². The standard InChI is InChI=1S/C8H19NOS/c1-8(2,3)6-5-7-9-11(4)10/h9H,5-7H2,1-4H3. The fourth-order valence-electron chi connectivity index (χ4n) is 0.835. The van der Waals surface area contributed by atoms with Crippen LogP contribution in [-0.2, 0) is 11.0 Å². The molecule has 0 bridgehead atoms. The summed E-state index contributed by atoms with van der Waals surface area (Å²) in [7, 11) is -0.844. The summed E-state index contributed by atoms with van der Waals surface area (Å²) < 4.78 is 13.5. The van der Waals surface area contributed by atoms with Crippen LogP contribution >= 0.6 is 0 Å². The second-order valence-corrected chi connectivity index (χ2v) is 5.21. The Balaban J connectivity index is 3.22. The molecule has 0 aliphatic carbocycles. The highest BCUT2D eigenvalue weighted by Gasteiger charge is 2.08. The number of hydrogen-bond acceptors (Lipinski definition) is 1. The van der Waals surface area contributed by atoms with E-state index in [1.807, 2.05) is 0 Å². The van der Waals surface area contributed by atoms with Gasteiger partial charge in [-0.15, -0.1) is 0 Å². The summed E-state index contributed by atoms with van der Waals surface area (Å²) in [4.78, 5) is 0. The lowest BCUT2D eigenvalue weighted by Gasteiger charge is -2.17. The summed E-state index contributed by atoms with van der Waals surface area (Å²) in [5, 5.41) is 0. The molecule has 0 spiro atoms. The molecule has 0 aliphatic rings. The molecular weight excluding hydrogens is 158 g/mol. The lowest BCUT2D eigenvalue weighted by atomic mass is 9.91. The molecule has 3 heteroatoms. The van der Waals surface area contributed by atoms with Crippen LogP contribution < -0.4 is 4.72 Å². The van der Waals surface area contributed by atoms with Crippen LogP contribution in [0, 0.1) is 5.41 Å². The summed E-state index contributed by atoms with van der Waals surface area (Å²) in [5.74, 6) is 0. The molecule has 11 heavy (non-hydrogen) atoms. The van der Waals surface area contributed by atoms with Gasteiger partial charge in [0.2, 0.25) is 0 Å². The first-order valence-electron chi connectivity index (χ1n) is 3.99. The van der Waals surface area contributed by atoms with Gasteiger partial charge in [0.15, 0.2) is 0 Å². The smallest absolute Gasteiger partial charge is 0.0883 e. The number of hydrogen-bond donors (Lipinski definition) is 1. The van der Waals surface area contributed by atoms with E-state index in [1.165, 1.54) is 6.42 Å². The van der Waals surface area contributed by atoms with Crippen molar-refractivity contribution < 1.29 is 4.21 Å². The molecule has 0 aromatic rings. The van der Waals surface area contributed by atoms with E-state index in [4.69, 9.17) is 0 Å². The second-order valence-electron chi connectivity index (χ2n) is 4.01. The molecule has 0 aromatic carbocycles. The van der Waals surface area contributed by atoms with E-state index in [-0.39, 0.29) is 0 Å². The molecule has 0 heterocycles. The monoisotopic (exact) mass is 177 g/mol. The Morgan fingerprint density at radius 2 is 1.91 bits per heavy atom.